The van der Waals surface area contributed by atoms with Crippen molar-refractivity contribution in [1.82, 2.24) is 14.1 Å². The molecule has 1 aromatic heterocycles. The quantitative estimate of drug-likeness (QED) is 0.642. The molecular formula is C11H14IN3O2S. The monoisotopic (exact) mass is 379 g/mol. The van der Waals surface area contributed by atoms with Gasteiger partial charge in [-0.2, -0.15) is 5.10 Å². The van der Waals surface area contributed by atoms with Crippen molar-refractivity contribution in [3.8, 4) is 0 Å². The van der Waals surface area contributed by atoms with E-state index in [0.717, 1.165) is 11.3 Å². The summed E-state index contributed by atoms with van der Waals surface area (Å²) in [6.07, 6.45) is 8.10. The lowest BCUT2D eigenvalue weighted by Crippen LogP contribution is -2.32. The molecule has 98 valence electrons. The van der Waals surface area contributed by atoms with Gasteiger partial charge in [-0.1, -0.05) is 0 Å². The third-order valence-corrected chi connectivity index (χ3v) is 4.99. The summed E-state index contributed by atoms with van der Waals surface area (Å²) in [6.45, 7) is 0.728. The zero-order valence-electron chi connectivity index (χ0n) is 9.70. The molecule has 1 aliphatic heterocycles. The SMILES string of the molecule is OCC1CN(SI)C=C(c2cnn(C3CC3)c2)O1. The Bertz CT molecular complexity index is 461. The second-order valence-corrected chi connectivity index (χ2v) is 6.31. The fraction of sp³-hybridized carbons (Fsp3) is 0.545. The van der Waals surface area contributed by atoms with Crippen LogP contribution in [-0.4, -0.2) is 38.4 Å². The van der Waals surface area contributed by atoms with Gasteiger partial charge in [-0.3, -0.25) is 4.68 Å². The predicted octanol–water partition coefficient (Wildman–Crippen LogP) is 2.21. The standard InChI is InChI=1S/C11H14IN3O2S/c12-18-14-5-10(7-16)17-11(6-14)8-3-13-15(4-8)9-1-2-9/h3-4,6,9-10,16H,1-2,5,7H2. The summed E-state index contributed by atoms with van der Waals surface area (Å²) in [5.41, 5.74) is 0.982. The predicted molar refractivity (Wildman–Crippen MR) is 78.8 cm³/mol. The van der Waals surface area contributed by atoms with Crippen molar-refractivity contribution < 1.29 is 9.84 Å². The molecular weight excluding hydrogens is 365 g/mol. The van der Waals surface area contributed by atoms with E-state index >= 15 is 0 Å². The summed E-state index contributed by atoms with van der Waals surface area (Å²) in [4.78, 5) is 0. The number of hydrogen-bond donors (Lipinski definition) is 1. The molecule has 5 nitrogen and oxygen atoms in total. The molecule has 0 bridgehead atoms. The van der Waals surface area contributed by atoms with Crippen LogP contribution in [0.5, 0.6) is 0 Å². The highest BCUT2D eigenvalue weighted by atomic mass is 127. The molecule has 7 heteroatoms. The number of halogens is 1. The first-order chi connectivity index (χ1) is 8.80. The lowest BCUT2D eigenvalue weighted by Gasteiger charge is -2.29. The molecule has 1 fully saturated rings. The number of aliphatic hydroxyl groups excluding tert-OH is 1. The molecule has 1 aromatic rings. The summed E-state index contributed by atoms with van der Waals surface area (Å²) >= 11 is 2.23. The molecule has 1 aliphatic carbocycles. The maximum absolute atomic E-state index is 9.26. The van der Waals surface area contributed by atoms with E-state index < -0.39 is 0 Å². The first kappa shape index (κ1) is 12.6. The fourth-order valence-corrected chi connectivity index (χ4v) is 3.10. The lowest BCUT2D eigenvalue weighted by atomic mass is 10.2. The largest absolute Gasteiger partial charge is 0.484 e. The van der Waals surface area contributed by atoms with Crippen LogP contribution in [0.3, 0.4) is 0 Å². The number of hydrogen-bond acceptors (Lipinski definition) is 5. The van der Waals surface area contributed by atoms with Gasteiger partial charge >= 0.3 is 0 Å². The Morgan fingerprint density at radius 1 is 1.56 bits per heavy atom. The molecule has 0 aromatic carbocycles. The molecule has 0 radical (unpaired) electrons. The van der Waals surface area contributed by atoms with Gasteiger partial charge in [-0.05, 0) is 12.8 Å². The maximum Gasteiger partial charge on any atom is 0.147 e. The van der Waals surface area contributed by atoms with Gasteiger partial charge in [0.25, 0.3) is 0 Å². The van der Waals surface area contributed by atoms with Crippen LogP contribution < -0.4 is 0 Å². The average Bonchev–Trinajstić information content (AvgIpc) is 3.15. The molecule has 3 rings (SSSR count). The van der Waals surface area contributed by atoms with Gasteiger partial charge in [0, 0.05) is 36.5 Å². The Balaban J connectivity index is 1.81. The molecule has 1 unspecified atom stereocenters. The van der Waals surface area contributed by atoms with Gasteiger partial charge in [-0.25, -0.2) is 0 Å². The van der Waals surface area contributed by atoms with Crippen molar-refractivity contribution in [3.63, 3.8) is 0 Å². The van der Waals surface area contributed by atoms with Crippen LogP contribution in [0.1, 0.15) is 24.4 Å². The van der Waals surface area contributed by atoms with Crippen LogP contribution in [0, 0.1) is 0 Å². The van der Waals surface area contributed by atoms with Crippen molar-refractivity contribution >= 4 is 36.1 Å². The van der Waals surface area contributed by atoms with E-state index in [0.29, 0.717) is 12.6 Å². The normalized spacial score (nSPS) is 23.8. The number of aromatic nitrogens is 2. The summed E-state index contributed by atoms with van der Waals surface area (Å²) in [6, 6.07) is 0.576. The Labute approximate surface area is 122 Å². The second-order valence-electron chi connectivity index (χ2n) is 4.52. The van der Waals surface area contributed by atoms with Crippen LogP contribution in [0.25, 0.3) is 5.76 Å². The van der Waals surface area contributed by atoms with E-state index in [9.17, 15) is 5.11 Å². The van der Waals surface area contributed by atoms with Crippen LogP contribution in [0.4, 0.5) is 0 Å². The third kappa shape index (κ3) is 2.62. The number of aliphatic hydroxyl groups is 1. The van der Waals surface area contributed by atoms with Gasteiger partial charge in [0.2, 0.25) is 0 Å². The first-order valence-electron chi connectivity index (χ1n) is 5.89. The van der Waals surface area contributed by atoms with Gasteiger partial charge in [0.05, 0.1) is 37.2 Å². The van der Waals surface area contributed by atoms with Crippen molar-refractivity contribution in [2.45, 2.75) is 25.0 Å². The lowest BCUT2D eigenvalue weighted by molar-refractivity contribution is 0.0723. The van der Waals surface area contributed by atoms with Crippen LogP contribution in [0.15, 0.2) is 18.6 Å². The zero-order chi connectivity index (χ0) is 12.5. The highest BCUT2D eigenvalue weighted by Crippen LogP contribution is 2.35. The van der Waals surface area contributed by atoms with E-state index in [4.69, 9.17) is 4.74 Å². The Kier molecular flexibility index (Phi) is 3.71. The van der Waals surface area contributed by atoms with Gasteiger partial charge in [0.15, 0.2) is 0 Å². The van der Waals surface area contributed by atoms with Crippen molar-refractivity contribution in [2.75, 3.05) is 13.2 Å². The van der Waals surface area contributed by atoms with Crippen LogP contribution in [0.2, 0.25) is 0 Å². The minimum atomic E-state index is -0.170. The summed E-state index contributed by atoms with van der Waals surface area (Å²) in [7, 11) is 1.60. The molecule has 1 N–H and O–H groups in total. The third-order valence-electron chi connectivity index (χ3n) is 3.04. The Hall–Kier alpha value is -0.410. The topological polar surface area (TPSA) is 50.5 Å². The van der Waals surface area contributed by atoms with Gasteiger partial charge in [0.1, 0.15) is 11.9 Å². The molecule has 2 aliphatic rings. The van der Waals surface area contributed by atoms with E-state index in [-0.39, 0.29) is 12.7 Å². The molecule has 0 spiro atoms. The number of rotatable bonds is 4. The number of nitrogens with zero attached hydrogens (tertiary/aromatic N) is 3. The molecule has 18 heavy (non-hydrogen) atoms. The van der Waals surface area contributed by atoms with E-state index in [1.807, 2.05) is 23.3 Å². The van der Waals surface area contributed by atoms with Crippen molar-refractivity contribution in [1.29, 1.82) is 0 Å². The Morgan fingerprint density at radius 2 is 2.39 bits per heavy atom. The molecule has 2 heterocycles. The van der Waals surface area contributed by atoms with Crippen LogP contribution >= 0.6 is 30.3 Å². The van der Waals surface area contributed by atoms with Crippen LogP contribution in [-0.2, 0) is 4.74 Å². The van der Waals surface area contributed by atoms with Gasteiger partial charge < -0.3 is 14.1 Å². The highest BCUT2D eigenvalue weighted by molar-refractivity contribution is 14.2. The first-order valence-corrected chi connectivity index (χ1v) is 9.21. The van der Waals surface area contributed by atoms with E-state index in [2.05, 4.69) is 30.6 Å². The smallest absolute Gasteiger partial charge is 0.147 e. The second kappa shape index (κ2) is 5.30. The van der Waals surface area contributed by atoms with Crippen molar-refractivity contribution in [2.24, 2.45) is 0 Å². The molecule has 1 saturated carbocycles. The molecule has 1 atom stereocenters. The summed E-state index contributed by atoms with van der Waals surface area (Å²) < 4.78 is 9.83. The highest BCUT2D eigenvalue weighted by Gasteiger charge is 2.26. The minimum absolute atomic E-state index is 0.0296. The van der Waals surface area contributed by atoms with Gasteiger partial charge in [-0.15, -0.1) is 0 Å². The summed E-state index contributed by atoms with van der Waals surface area (Å²) in [5, 5.41) is 13.6. The van der Waals surface area contributed by atoms with E-state index in [1.54, 1.807) is 9.12 Å². The molecule has 0 saturated heterocycles. The van der Waals surface area contributed by atoms with E-state index in [1.165, 1.54) is 12.8 Å². The zero-order valence-corrected chi connectivity index (χ0v) is 12.7. The Morgan fingerprint density at radius 3 is 3.06 bits per heavy atom. The molecule has 0 amide bonds. The fourth-order valence-electron chi connectivity index (χ4n) is 1.92. The number of ether oxygens (including phenoxy) is 1. The average molecular weight is 379 g/mol. The van der Waals surface area contributed by atoms with Crippen molar-refractivity contribution in [3.05, 3.63) is 24.2 Å². The minimum Gasteiger partial charge on any atom is -0.484 e. The maximum atomic E-state index is 9.26. The summed E-state index contributed by atoms with van der Waals surface area (Å²) in [5.74, 6) is 0.788.